The van der Waals surface area contributed by atoms with Crippen LogP contribution in [0.4, 0.5) is 0 Å². The van der Waals surface area contributed by atoms with Gasteiger partial charge in [-0.15, -0.1) is 0 Å². The molecule has 0 fully saturated rings. The minimum absolute atomic E-state index is 0.0835. The van der Waals surface area contributed by atoms with E-state index < -0.39 is 73.6 Å². The Morgan fingerprint density at radius 2 is 1.61 bits per heavy atom. The van der Waals surface area contributed by atoms with E-state index in [-0.39, 0.29) is 36.0 Å². The molecule has 0 amide bonds. The Kier molecular flexibility index (Phi) is 5.63. The molecule has 10 heteroatoms. The first-order valence-electron chi connectivity index (χ1n) is 13.1. The molecule has 1 spiro atoms. The molecular formula is C31H24N2O8. The number of benzene rings is 2. The second kappa shape index (κ2) is 8.88. The van der Waals surface area contributed by atoms with Gasteiger partial charge in [0.25, 0.3) is 5.56 Å². The molecule has 3 aliphatic carbocycles. The highest BCUT2D eigenvalue weighted by Gasteiger charge is 2.61. The first kappa shape index (κ1) is 26.0. The van der Waals surface area contributed by atoms with E-state index in [4.69, 9.17) is 0 Å². The zero-order valence-electron chi connectivity index (χ0n) is 22.0. The second-order valence-corrected chi connectivity index (χ2v) is 10.2. The van der Waals surface area contributed by atoms with Gasteiger partial charge in [0, 0.05) is 23.9 Å². The molecule has 6 rings (SSSR count). The number of carbonyl (C=O) groups is 4. The summed E-state index contributed by atoms with van der Waals surface area (Å²) in [7, 11) is 0. The highest BCUT2D eigenvalue weighted by molar-refractivity contribution is 6.39. The van der Waals surface area contributed by atoms with Crippen molar-refractivity contribution in [1.82, 2.24) is 10.3 Å². The summed E-state index contributed by atoms with van der Waals surface area (Å²) in [5.74, 6) is -5.80. The van der Waals surface area contributed by atoms with Crippen LogP contribution in [-0.4, -0.2) is 50.0 Å². The van der Waals surface area contributed by atoms with Gasteiger partial charge in [0.2, 0.25) is 5.78 Å². The number of fused-ring (bicyclic) bond motifs is 5. The third kappa shape index (κ3) is 3.27. The number of aromatic hydroxyl groups is 3. The number of phenols is 3. The highest BCUT2D eigenvalue weighted by atomic mass is 16.3. The lowest BCUT2D eigenvalue weighted by Crippen LogP contribution is -2.36. The Hall–Kier alpha value is -5.25. The number of aryl methyl sites for hydroxylation is 1. The van der Waals surface area contributed by atoms with Gasteiger partial charge in [-0.05, 0) is 49.8 Å². The fourth-order valence-corrected chi connectivity index (χ4v) is 6.31. The van der Waals surface area contributed by atoms with E-state index in [1.807, 2.05) is 13.0 Å². The number of pyridine rings is 1. The molecule has 0 aliphatic heterocycles. The minimum atomic E-state index is -2.06. The van der Waals surface area contributed by atoms with E-state index in [0.29, 0.717) is 16.6 Å². The maximum absolute atomic E-state index is 14.1. The molecule has 206 valence electrons. The predicted octanol–water partition coefficient (Wildman–Crippen LogP) is 3.37. The maximum atomic E-state index is 14.1. The number of likely N-dealkylation sites (N-methyl/N-ethyl adjacent to an activating group) is 1. The van der Waals surface area contributed by atoms with Crippen LogP contribution in [-0.2, 0) is 11.8 Å². The third-order valence-corrected chi connectivity index (χ3v) is 8.02. The van der Waals surface area contributed by atoms with Gasteiger partial charge >= 0.3 is 0 Å². The van der Waals surface area contributed by atoms with Crippen LogP contribution >= 0.6 is 0 Å². The van der Waals surface area contributed by atoms with Crippen molar-refractivity contribution in [2.45, 2.75) is 32.1 Å². The summed E-state index contributed by atoms with van der Waals surface area (Å²) in [5.41, 5.74) is -4.29. The molecule has 0 bridgehead atoms. The third-order valence-electron chi connectivity index (χ3n) is 8.02. The summed E-state index contributed by atoms with van der Waals surface area (Å²) in [6.45, 7) is 3.83. The van der Waals surface area contributed by atoms with Crippen molar-refractivity contribution in [2.75, 3.05) is 6.54 Å². The van der Waals surface area contributed by atoms with E-state index in [0.717, 1.165) is 6.08 Å². The van der Waals surface area contributed by atoms with Crippen LogP contribution in [0.2, 0.25) is 0 Å². The van der Waals surface area contributed by atoms with Gasteiger partial charge in [-0.1, -0.05) is 24.3 Å². The van der Waals surface area contributed by atoms with Gasteiger partial charge in [0.1, 0.15) is 22.7 Å². The molecule has 0 saturated carbocycles. The number of nitrogens with one attached hydrogen (secondary N) is 2. The molecule has 5 N–H and O–H groups in total. The zero-order chi connectivity index (χ0) is 29.4. The average molecular weight is 553 g/mol. The van der Waals surface area contributed by atoms with Crippen molar-refractivity contribution < 1.29 is 34.5 Å². The normalized spacial score (nSPS) is 19.5. The number of Topliss-reactive ketones (excluding diaryl/α,β-unsaturated/α-hetero) is 3. The summed E-state index contributed by atoms with van der Waals surface area (Å²) in [4.78, 5) is 69.9. The minimum Gasteiger partial charge on any atom is -0.507 e. The van der Waals surface area contributed by atoms with Crippen LogP contribution in [0, 0.1) is 0 Å². The van der Waals surface area contributed by atoms with Crippen LogP contribution in [0.1, 0.15) is 78.5 Å². The monoisotopic (exact) mass is 552 g/mol. The second-order valence-electron chi connectivity index (χ2n) is 10.2. The molecule has 1 unspecified atom stereocenters. The van der Waals surface area contributed by atoms with Crippen LogP contribution in [0.5, 0.6) is 17.2 Å². The van der Waals surface area contributed by atoms with E-state index in [9.17, 15) is 39.3 Å². The smallest absolute Gasteiger partial charge is 0.260 e. The number of hydrogen-bond acceptors (Lipinski definition) is 9. The van der Waals surface area contributed by atoms with Crippen LogP contribution < -0.4 is 10.9 Å². The molecule has 41 heavy (non-hydrogen) atoms. The first-order valence-corrected chi connectivity index (χ1v) is 13.1. The van der Waals surface area contributed by atoms with Gasteiger partial charge < -0.3 is 25.6 Å². The number of phenolic OH excluding ortho intramolecular Hbond substituents is 3. The number of ketones is 4. The van der Waals surface area contributed by atoms with Gasteiger partial charge in [0.05, 0.1) is 33.3 Å². The van der Waals surface area contributed by atoms with Crippen molar-refractivity contribution in [3.8, 4) is 17.2 Å². The van der Waals surface area contributed by atoms with E-state index in [1.54, 1.807) is 37.3 Å². The number of H-pyrrole nitrogens is 1. The van der Waals surface area contributed by atoms with Crippen LogP contribution in [0.25, 0.3) is 16.8 Å². The SMILES string of the molecule is CC=CC=Cc1cc2cc3c(c(O)c2c(=O)[nH]1)C1(CC3)C(=O)c2c(O)c3c(c(O)c2C1=O)C(=O)C(NCC)=CC3=O. The Morgan fingerprint density at radius 1 is 0.927 bits per heavy atom. The summed E-state index contributed by atoms with van der Waals surface area (Å²) < 4.78 is 0. The molecule has 3 aliphatic rings. The maximum Gasteiger partial charge on any atom is 0.260 e. The molecule has 3 aromatic rings. The summed E-state index contributed by atoms with van der Waals surface area (Å²) in [6, 6.07) is 3.29. The molecule has 1 atom stereocenters. The largest absolute Gasteiger partial charge is 0.507 e. The topological polar surface area (TPSA) is 174 Å². The Balaban J connectivity index is 1.58. The number of aromatic amines is 1. The average Bonchev–Trinajstić information content (AvgIpc) is 3.42. The molecule has 0 saturated heterocycles. The lowest BCUT2D eigenvalue weighted by Gasteiger charge is -2.22. The van der Waals surface area contributed by atoms with Crippen molar-refractivity contribution in [2.24, 2.45) is 0 Å². The number of aromatic nitrogens is 1. The fraction of sp³-hybridized carbons (Fsp3) is 0.194. The van der Waals surface area contributed by atoms with E-state index in [1.165, 1.54) is 0 Å². The van der Waals surface area contributed by atoms with E-state index in [2.05, 4.69) is 10.3 Å². The highest BCUT2D eigenvalue weighted by Crippen LogP contribution is 2.57. The number of hydrogen-bond donors (Lipinski definition) is 5. The summed E-state index contributed by atoms with van der Waals surface area (Å²) in [6.07, 6.45) is 8.03. The Bertz CT molecular complexity index is 1940. The predicted molar refractivity (Wildman–Crippen MR) is 149 cm³/mol. The molecule has 1 aromatic heterocycles. The molecule has 0 radical (unpaired) electrons. The van der Waals surface area contributed by atoms with Crippen molar-refractivity contribution >= 4 is 40.0 Å². The molecule has 1 heterocycles. The van der Waals surface area contributed by atoms with Crippen LogP contribution in [0.3, 0.4) is 0 Å². The van der Waals surface area contributed by atoms with Gasteiger partial charge in [0.15, 0.2) is 17.3 Å². The van der Waals surface area contributed by atoms with Crippen molar-refractivity contribution in [1.29, 1.82) is 0 Å². The summed E-state index contributed by atoms with van der Waals surface area (Å²) >= 11 is 0. The van der Waals surface area contributed by atoms with Gasteiger partial charge in [-0.3, -0.25) is 24.0 Å². The van der Waals surface area contributed by atoms with Crippen molar-refractivity contribution in [3.05, 3.63) is 91.6 Å². The molecule has 2 aromatic carbocycles. The fourth-order valence-electron chi connectivity index (χ4n) is 6.31. The number of allylic oxidation sites excluding steroid dienone is 5. The number of rotatable bonds is 4. The number of carbonyl (C=O) groups excluding carboxylic acids is 4. The lowest BCUT2D eigenvalue weighted by molar-refractivity contribution is 0.0790. The van der Waals surface area contributed by atoms with Crippen LogP contribution in [0.15, 0.2) is 46.9 Å². The quantitative estimate of drug-likeness (QED) is 0.185. The standard InChI is InChI=1S/C31H24N2O8/c1-3-5-6-7-15-11-14-10-13-8-9-31(23(13)27(38)18(14)30(41)33-15)28(39)21-22(29(31)40)26(37)20-19(25(21)36)17(34)12-16(24(20)35)32-4-2/h3,5-7,10-12,32,36-38H,4,8-9H2,1-2H3,(H,33,41). The zero-order valence-corrected chi connectivity index (χ0v) is 22.0. The Morgan fingerprint density at radius 3 is 2.27 bits per heavy atom. The lowest BCUT2D eigenvalue weighted by atomic mass is 9.76. The first-order chi connectivity index (χ1) is 19.6. The Labute approximate surface area is 232 Å². The molecule has 10 nitrogen and oxygen atoms in total. The summed E-state index contributed by atoms with van der Waals surface area (Å²) in [5, 5.41) is 36.8. The molecular weight excluding hydrogens is 528 g/mol. The van der Waals surface area contributed by atoms with Gasteiger partial charge in [-0.2, -0.15) is 0 Å². The van der Waals surface area contributed by atoms with Crippen molar-refractivity contribution in [3.63, 3.8) is 0 Å². The van der Waals surface area contributed by atoms with E-state index >= 15 is 0 Å². The van der Waals surface area contributed by atoms with Gasteiger partial charge in [-0.25, -0.2) is 0 Å².